The molecule has 0 radical (unpaired) electrons. The Hall–Kier alpha value is -0.870. The molecular formula is C15H21BrN2O. The van der Waals surface area contributed by atoms with E-state index in [2.05, 4.69) is 33.1 Å². The lowest BCUT2D eigenvalue weighted by Gasteiger charge is -2.14. The van der Waals surface area contributed by atoms with Crippen LogP contribution in [-0.2, 0) is 0 Å². The molecule has 104 valence electrons. The minimum atomic E-state index is 0.0237. The molecule has 1 amide bonds. The second kappa shape index (κ2) is 6.53. The van der Waals surface area contributed by atoms with Crippen molar-refractivity contribution in [3.05, 3.63) is 33.8 Å². The highest BCUT2D eigenvalue weighted by Gasteiger charge is 2.21. The molecule has 1 atom stereocenters. The van der Waals surface area contributed by atoms with Crippen molar-refractivity contribution >= 4 is 21.8 Å². The van der Waals surface area contributed by atoms with Crippen LogP contribution in [0.1, 0.15) is 29.3 Å². The van der Waals surface area contributed by atoms with E-state index >= 15 is 0 Å². The highest BCUT2D eigenvalue weighted by molar-refractivity contribution is 9.10. The molecule has 0 aromatic heterocycles. The first-order valence-corrected chi connectivity index (χ1v) is 7.66. The van der Waals surface area contributed by atoms with E-state index in [4.69, 9.17) is 0 Å². The molecule has 1 aromatic rings. The first-order valence-electron chi connectivity index (χ1n) is 6.87. The zero-order valence-corrected chi connectivity index (χ0v) is 13.2. The number of aryl methyl sites for hydroxylation is 1. The van der Waals surface area contributed by atoms with Gasteiger partial charge in [0.05, 0.1) is 0 Å². The summed E-state index contributed by atoms with van der Waals surface area (Å²) in [5.41, 5.74) is 1.87. The Labute approximate surface area is 123 Å². The first-order chi connectivity index (χ1) is 9.10. The Balaban J connectivity index is 1.86. The second-order valence-electron chi connectivity index (χ2n) is 5.22. The van der Waals surface area contributed by atoms with Gasteiger partial charge in [0.1, 0.15) is 0 Å². The van der Waals surface area contributed by atoms with Crippen molar-refractivity contribution in [3.63, 3.8) is 0 Å². The van der Waals surface area contributed by atoms with Crippen LogP contribution in [0.5, 0.6) is 0 Å². The van der Waals surface area contributed by atoms with Crippen LogP contribution in [-0.4, -0.2) is 37.0 Å². The van der Waals surface area contributed by atoms with Gasteiger partial charge in [0.2, 0.25) is 0 Å². The van der Waals surface area contributed by atoms with Crippen molar-refractivity contribution < 1.29 is 4.79 Å². The summed E-state index contributed by atoms with van der Waals surface area (Å²) in [6.07, 6.45) is 1.19. The number of amides is 1. The molecule has 1 heterocycles. The quantitative estimate of drug-likeness (QED) is 0.923. The molecule has 1 aliphatic rings. The number of likely N-dealkylation sites (tertiary alicyclic amines) is 1. The molecule has 0 aliphatic carbocycles. The summed E-state index contributed by atoms with van der Waals surface area (Å²) in [6, 6.07) is 5.73. The number of nitrogens with one attached hydrogen (secondary N) is 1. The number of nitrogens with zero attached hydrogens (tertiary/aromatic N) is 1. The van der Waals surface area contributed by atoms with Crippen LogP contribution in [0.25, 0.3) is 0 Å². The lowest BCUT2D eigenvalue weighted by atomic mass is 10.1. The monoisotopic (exact) mass is 324 g/mol. The average molecular weight is 325 g/mol. The van der Waals surface area contributed by atoms with Gasteiger partial charge in [0, 0.05) is 23.1 Å². The van der Waals surface area contributed by atoms with Crippen LogP contribution < -0.4 is 5.32 Å². The molecule has 1 saturated heterocycles. The van der Waals surface area contributed by atoms with Gasteiger partial charge in [-0.3, -0.25) is 4.79 Å². The van der Waals surface area contributed by atoms with Crippen LogP contribution in [0, 0.1) is 12.8 Å². The summed E-state index contributed by atoms with van der Waals surface area (Å²) in [4.78, 5) is 14.5. The molecule has 1 N–H and O–H groups in total. The Morgan fingerprint density at radius 1 is 1.53 bits per heavy atom. The summed E-state index contributed by atoms with van der Waals surface area (Å²) in [6.45, 7) is 8.35. The van der Waals surface area contributed by atoms with Gasteiger partial charge in [-0.15, -0.1) is 0 Å². The average Bonchev–Trinajstić information content (AvgIpc) is 2.87. The highest BCUT2D eigenvalue weighted by atomic mass is 79.9. The third kappa shape index (κ3) is 3.80. The fourth-order valence-electron chi connectivity index (χ4n) is 2.44. The largest absolute Gasteiger partial charge is 0.352 e. The van der Waals surface area contributed by atoms with Crippen molar-refractivity contribution in [1.82, 2.24) is 10.2 Å². The third-order valence-corrected chi connectivity index (χ3v) is 4.66. The van der Waals surface area contributed by atoms with Crippen LogP contribution in [0.3, 0.4) is 0 Å². The minimum absolute atomic E-state index is 0.0237. The van der Waals surface area contributed by atoms with Gasteiger partial charge in [-0.1, -0.05) is 28.9 Å². The lowest BCUT2D eigenvalue weighted by Crippen LogP contribution is -2.31. The molecular weight excluding hydrogens is 304 g/mol. The normalized spacial score (nSPS) is 19.6. The second-order valence-corrected chi connectivity index (χ2v) is 6.08. The smallest absolute Gasteiger partial charge is 0.251 e. The molecule has 1 aliphatic heterocycles. The van der Waals surface area contributed by atoms with Crippen molar-refractivity contribution in [2.75, 3.05) is 26.2 Å². The zero-order valence-electron chi connectivity index (χ0n) is 11.6. The van der Waals surface area contributed by atoms with Crippen molar-refractivity contribution in [2.24, 2.45) is 5.92 Å². The van der Waals surface area contributed by atoms with E-state index in [0.29, 0.717) is 5.92 Å². The fraction of sp³-hybridized carbons (Fsp3) is 0.533. The zero-order chi connectivity index (χ0) is 13.8. The molecule has 1 fully saturated rings. The number of hydrogen-bond acceptors (Lipinski definition) is 2. The fourth-order valence-corrected chi connectivity index (χ4v) is 2.82. The summed E-state index contributed by atoms with van der Waals surface area (Å²) >= 11 is 3.46. The van der Waals surface area contributed by atoms with Crippen LogP contribution in [0.15, 0.2) is 22.7 Å². The van der Waals surface area contributed by atoms with E-state index < -0.39 is 0 Å². The number of halogens is 1. The maximum atomic E-state index is 12.1. The Bertz CT molecular complexity index is 461. The van der Waals surface area contributed by atoms with E-state index in [9.17, 15) is 4.79 Å². The molecule has 19 heavy (non-hydrogen) atoms. The number of benzene rings is 1. The SMILES string of the molecule is CCN1CCC(CNC(=O)c2ccc(C)c(Br)c2)C1. The summed E-state index contributed by atoms with van der Waals surface area (Å²) in [5.74, 6) is 0.619. The minimum Gasteiger partial charge on any atom is -0.352 e. The van der Waals surface area contributed by atoms with Gasteiger partial charge >= 0.3 is 0 Å². The molecule has 1 unspecified atom stereocenters. The topological polar surface area (TPSA) is 32.3 Å². The van der Waals surface area contributed by atoms with Gasteiger partial charge in [0.25, 0.3) is 5.91 Å². The molecule has 4 heteroatoms. The standard InChI is InChI=1S/C15H21BrN2O/c1-3-18-7-6-12(10-18)9-17-15(19)13-5-4-11(2)14(16)8-13/h4-5,8,12H,3,6-7,9-10H2,1-2H3,(H,17,19). The number of hydrogen-bond donors (Lipinski definition) is 1. The molecule has 1 aromatic carbocycles. The predicted molar refractivity (Wildman–Crippen MR) is 81.4 cm³/mol. The summed E-state index contributed by atoms with van der Waals surface area (Å²) in [5, 5.41) is 3.05. The maximum absolute atomic E-state index is 12.1. The van der Waals surface area contributed by atoms with E-state index in [-0.39, 0.29) is 5.91 Å². The predicted octanol–water partition coefficient (Wildman–Crippen LogP) is 2.83. The Morgan fingerprint density at radius 3 is 2.95 bits per heavy atom. The Kier molecular flexibility index (Phi) is 4.99. The third-order valence-electron chi connectivity index (χ3n) is 3.80. The maximum Gasteiger partial charge on any atom is 0.251 e. The van der Waals surface area contributed by atoms with E-state index in [1.165, 1.54) is 6.42 Å². The van der Waals surface area contributed by atoms with Gasteiger partial charge in [-0.05, 0) is 50.0 Å². The van der Waals surface area contributed by atoms with Crippen molar-refractivity contribution in [3.8, 4) is 0 Å². The summed E-state index contributed by atoms with van der Waals surface area (Å²) < 4.78 is 0.984. The van der Waals surface area contributed by atoms with Gasteiger partial charge in [-0.25, -0.2) is 0 Å². The van der Waals surface area contributed by atoms with E-state index in [1.54, 1.807) is 0 Å². The van der Waals surface area contributed by atoms with Gasteiger partial charge in [0.15, 0.2) is 0 Å². The Morgan fingerprint density at radius 2 is 2.32 bits per heavy atom. The van der Waals surface area contributed by atoms with E-state index in [0.717, 1.165) is 41.8 Å². The molecule has 0 bridgehead atoms. The van der Waals surface area contributed by atoms with Crippen molar-refractivity contribution in [1.29, 1.82) is 0 Å². The lowest BCUT2D eigenvalue weighted by molar-refractivity contribution is 0.0947. The molecule has 0 spiro atoms. The van der Waals surface area contributed by atoms with E-state index in [1.807, 2.05) is 25.1 Å². The van der Waals surface area contributed by atoms with Gasteiger partial charge < -0.3 is 10.2 Å². The summed E-state index contributed by atoms with van der Waals surface area (Å²) in [7, 11) is 0. The number of carbonyl (C=O) groups excluding carboxylic acids is 1. The first kappa shape index (κ1) is 14.5. The number of carbonyl (C=O) groups is 1. The molecule has 0 saturated carbocycles. The van der Waals surface area contributed by atoms with Crippen LogP contribution >= 0.6 is 15.9 Å². The molecule has 2 rings (SSSR count). The number of rotatable bonds is 4. The highest BCUT2D eigenvalue weighted by Crippen LogP contribution is 2.18. The van der Waals surface area contributed by atoms with Crippen molar-refractivity contribution in [2.45, 2.75) is 20.3 Å². The van der Waals surface area contributed by atoms with Gasteiger partial charge in [-0.2, -0.15) is 0 Å². The molecule has 3 nitrogen and oxygen atoms in total. The van der Waals surface area contributed by atoms with Crippen LogP contribution in [0.2, 0.25) is 0 Å². The van der Waals surface area contributed by atoms with Crippen LogP contribution in [0.4, 0.5) is 0 Å².